The Balaban J connectivity index is 2.98. The first-order valence-electron chi connectivity index (χ1n) is 2.57. The molecule has 0 atom stereocenters. The molecule has 9 heavy (non-hydrogen) atoms. The molecule has 0 spiro atoms. The molecule has 0 unspecified atom stereocenters. The predicted octanol–water partition coefficient (Wildman–Crippen LogP) is 1.10. The molecule has 0 aromatic carbocycles. The highest BCUT2D eigenvalue weighted by Crippen LogP contribution is 1.94. The van der Waals surface area contributed by atoms with Crippen LogP contribution in [-0.2, 0) is 0 Å². The van der Waals surface area contributed by atoms with E-state index in [1.54, 1.807) is 24.5 Å². The summed E-state index contributed by atoms with van der Waals surface area (Å²) in [7, 11) is 0. The summed E-state index contributed by atoms with van der Waals surface area (Å²) in [6.45, 7) is 3.24. The Labute approximate surface area is 53.5 Å². The molecule has 2 nitrogen and oxygen atoms in total. The zero-order valence-corrected chi connectivity index (χ0v) is 4.87. The van der Waals surface area contributed by atoms with Crippen molar-refractivity contribution >= 4 is 5.78 Å². The van der Waals surface area contributed by atoms with Gasteiger partial charge in [0.2, 0.25) is 0 Å². The van der Waals surface area contributed by atoms with E-state index in [4.69, 9.17) is 0 Å². The van der Waals surface area contributed by atoms with Crippen LogP contribution in [0.25, 0.3) is 0 Å². The standard InChI is InChI=1S/C7H6NO/c1-6(9)7-2-4-8-5-3-7/h2-5H,1H2. The second-order valence-corrected chi connectivity index (χ2v) is 1.66. The summed E-state index contributed by atoms with van der Waals surface area (Å²) in [5, 5.41) is 0. The van der Waals surface area contributed by atoms with Gasteiger partial charge in [0.15, 0.2) is 5.78 Å². The van der Waals surface area contributed by atoms with Crippen molar-refractivity contribution in [2.24, 2.45) is 0 Å². The molecule has 0 saturated heterocycles. The number of nitrogens with zero attached hydrogens (tertiary/aromatic N) is 1. The van der Waals surface area contributed by atoms with Gasteiger partial charge in [-0.05, 0) is 12.1 Å². The third-order valence-electron chi connectivity index (χ3n) is 1.00. The number of carbonyl (C=O) groups is 1. The Hall–Kier alpha value is -1.18. The van der Waals surface area contributed by atoms with Gasteiger partial charge in [0, 0.05) is 24.9 Å². The summed E-state index contributed by atoms with van der Waals surface area (Å²) in [6.07, 6.45) is 3.14. The normalized spacial score (nSPS) is 9.00. The first-order valence-corrected chi connectivity index (χ1v) is 2.57. The lowest BCUT2D eigenvalue weighted by atomic mass is 10.2. The van der Waals surface area contributed by atoms with E-state index in [2.05, 4.69) is 11.9 Å². The summed E-state index contributed by atoms with van der Waals surface area (Å²) in [5.74, 6) is -0.169. The third-order valence-corrected chi connectivity index (χ3v) is 1.00. The van der Waals surface area contributed by atoms with E-state index < -0.39 is 0 Å². The van der Waals surface area contributed by atoms with Crippen LogP contribution in [0, 0.1) is 6.92 Å². The van der Waals surface area contributed by atoms with Crippen LogP contribution in [0.2, 0.25) is 0 Å². The lowest BCUT2D eigenvalue weighted by molar-refractivity contribution is 0.104. The van der Waals surface area contributed by atoms with Crippen LogP contribution in [0.4, 0.5) is 0 Å². The average Bonchev–Trinajstić information content (AvgIpc) is 1.90. The number of ketones is 1. The maximum absolute atomic E-state index is 10.5. The molecule has 1 heterocycles. The van der Waals surface area contributed by atoms with E-state index in [1.807, 2.05) is 0 Å². The maximum atomic E-state index is 10.5. The molecule has 0 aliphatic rings. The molecule has 1 aromatic heterocycles. The summed E-state index contributed by atoms with van der Waals surface area (Å²) in [4.78, 5) is 14.3. The lowest BCUT2D eigenvalue weighted by Crippen LogP contribution is -1.90. The number of carbonyl (C=O) groups excluding carboxylic acids is 1. The van der Waals surface area contributed by atoms with Gasteiger partial charge in [-0.1, -0.05) is 0 Å². The fourth-order valence-corrected chi connectivity index (χ4v) is 0.538. The zero-order valence-electron chi connectivity index (χ0n) is 4.87. The maximum Gasteiger partial charge on any atom is 0.163 e. The summed E-state index contributed by atoms with van der Waals surface area (Å²) in [6, 6.07) is 3.27. The fourth-order valence-electron chi connectivity index (χ4n) is 0.538. The smallest absolute Gasteiger partial charge is 0.163 e. The quantitative estimate of drug-likeness (QED) is 0.519. The van der Waals surface area contributed by atoms with Crippen LogP contribution in [-0.4, -0.2) is 10.8 Å². The molecule has 2 heteroatoms. The van der Waals surface area contributed by atoms with Crippen LogP contribution < -0.4 is 0 Å². The van der Waals surface area contributed by atoms with Gasteiger partial charge in [0.05, 0.1) is 0 Å². The molecule has 0 bridgehead atoms. The van der Waals surface area contributed by atoms with Gasteiger partial charge in [-0.3, -0.25) is 9.78 Å². The summed E-state index contributed by atoms with van der Waals surface area (Å²) >= 11 is 0. The minimum absolute atomic E-state index is 0.169. The zero-order chi connectivity index (χ0) is 6.69. The largest absolute Gasteiger partial charge is 0.294 e. The van der Waals surface area contributed by atoms with E-state index in [0.717, 1.165) is 0 Å². The van der Waals surface area contributed by atoms with Crippen molar-refractivity contribution < 1.29 is 4.79 Å². The topological polar surface area (TPSA) is 30.0 Å². The second-order valence-electron chi connectivity index (χ2n) is 1.66. The molecular weight excluding hydrogens is 114 g/mol. The molecule has 0 amide bonds. The van der Waals surface area contributed by atoms with E-state index in [1.165, 1.54) is 0 Å². The Kier molecular flexibility index (Phi) is 1.58. The van der Waals surface area contributed by atoms with Crippen molar-refractivity contribution in [3.63, 3.8) is 0 Å². The highest BCUT2D eigenvalue weighted by Gasteiger charge is 1.93. The van der Waals surface area contributed by atoms with Gasteiger partial charge >= 0.3 is 0 Å². The number of hydrogen-bond acceptors (Lipinski definition) is 2. The van der Waals surface area contributed by atoms with Crippen molar-refractivity contribution in [3.8, 4) is 0 Å². The molecule has 1 radical (unpaired) electrons. The Morgan fingerprint density at radius 1 is 1.44 bits per heavy atom. The first-order chi connectivity index (χ1) is 4.30. The number of rotatable bonds is 1. The van der Waals surface area contributed by atoms with Gasteiger partial charge in [0.1, 0.15) is 0 Å². The third kappa shape index (κ3) is 1.35. The number of aromatic nitrogens is 1. The van der Waals surface area contributed by atoms with Gasteiger partial charge < -0.3 is 0 Å². The monoisotopic (exact) mass is 120 g/mol. The highest BCUT2D eigenvalue weighted by molar-refractivity contribution is 5.99. The first kappa shape index (κ1) is 5.95. The van der Waals surface area contributed by atoms with Crippen molar-refractivity contribution in [1.82, 2.24) is 4.98 Å². The van der Waals surface area contributed by atoms with Gasteiger partial charge in [0.25, 0.3) is 0 Å². The molecule has 0 fully saturated rings. The Morgan fingerprint density at radius 2 is 2.00 bits per heavy atom. The molecule has 1 aromatic rings. The van der Waals surface area contributed by atoms with Gasteiger partial charge in [-0.25, -0.2) is 0 Å². The molecule has 0 aliphatic carbocycles. The highest BCUT2D eigenvalue weighted by atomic mass is 16.1. The average molecular weight is 120 g/mol. The Morgan fingerprint density at radius 3 is 2.33 bits per heavy atom. The minimum atomic E-state index is -0.169. The van der Waals surface area contributed by atoms with Crippen LogP contribution in [0.15, 0.2) is 24.5 Å². The SMILES string of the molecule is [CH2]C(=O)c1ccncc1. The van der Waals surface area contributed by atoms with E-state index >= 15 is 0 Å². The number of pyridine rings is 1. The van der Waals surface area contributed by atoms with Crippen LogP contribution in [0.3, 0.4) is 0 Å². The predicted molar refractivity (Wildman–Crippen MR) is 33.9 cm³/mol. The molecular formula is C7H6NO. The van der Waals surface area contributed by atoms with Crippen molar-refractivity contribution in [3.05, 3.63) is 37.0 Å². The molecule has 45 valence electrons. The molecule has 0 N–H and O–H groups in total. The molecule has 1 rings (SSSR count). The van der Waals surface area contributed by atoms with Crippen molar-refractivity contribution in [1.29, 1.82) is 0 Å². The van der Waals surface area contributed by atoms with Crippen LogP contribution in [0.5, 0.6) is 0 Å². The summed E-state index contributed by atoms with van der Waals surface area (Å²) < 4.78 is 0. The minimum Gasteiger partial charge on any atom is -0.294 e. The molecule has 0 aliphatic heterocycles. The Bertz CT molecular complexity index is 205. The van der Waals surface area contributed by atoms with Crippen molar-refractivity contribution in [2.45, 2.75) is 0 Å². The van der Waals surface area contributed by atoms with E-state index in [0.29, 0.717) is 5.56 Å². The van der Waals surface area contributed by atoms with Crippen LogP contribution >= 0.6 is 0 Å². The fraction of sp³-hybridized carbons (Fsp3) is 0. The summed E-state index contributed by atoms with van der Waals surface area (Å²) in [5.41, 5.74) is 0.602. The lowest BCUT2D eigenvalue weighted by Gasteiger charge is -1.88. The van der Waals surface area contributed by atoms with E-state index in [9.17, 15) is 4.79 Å². The van der Waals surface area contributed by atoms with Gasteiger partial charge in [-0.2, -0.15) is 0 Å². The number of hydrogen-bond donors (Lipinski definition) is 0. The molecule has 0 saturated carbocycles. The second kappa shape index (κ2) is 2.40. The van der Waals surface area contributed by atoms with E-state index in [-0.39, 0.29) is 5.78 Å². The van der Waals surface area contributed by atoms with Crippen LogP contribution in [0.1, 0.15) is 10.4 Å². The van der Waals surface area contributed by atoms with Gasteiger partial charge in [-0.15, -0.1) is 0 Å². The number of Topliss-reactive ketones (excluding diaryl/α,β-unsaturated/α-hetero) is 1. The van der Waals surface area contributed by atoms with Crippen molar-refractivity contribution in [2.75, 3.05) is 0 Å².